The number of aromatic nitrogens is 1. The van der Waals surface area contributed by atoms with Crippen molar-refractivity contribution in [1.82, 2.24) is 4.98 Å². The van der Waals surface area contributed by atoms with Gasteiger partial charge in [0.05, 0.1) is 0 Å². The fraction of sp³-hybridized carbons (Fsp3) is 0.545. The van der Waals surface area contributed by atoms with E-state index in [1.165, 1.54) is 0 Å². The van der Waals surface area contributed by atoms with Crippen molar-refractivity contribution in [3.05, 3.63) is 22.8 Å². The van der Waals surface area contributed by atoms with Gasteiger partial charge in [-0.15, -0.1) is 0 Å². The van der Waals surface area contributed by atoms with E-state index in [-0.39, 0.29) is 6.61 Å². The summed E-state index contributed by atoms with van der Waals surface area (Å²) in [4.78, 5) is 6.59. The van der Waals surface area contributed by atoms with Gasteiger partial charge < -0.3 is 10.0 Å². The Kier molecular flexibility index (Phi) is 5.05. The Bertz CT molecular complexity index is 304. The third-order valence-corrected chi connectivity index (χ3v) is 2.62. The van der Waals surface area contributed by atoms with Crippen LogP contribution in [-0.2, 0) is 0 Å². The molecule has 0 aliphatic heterocycles. The maximum Gasteiger partial charge on any atom is 0.130 e. The molecule has 0 aliphatic rings. The molecule has 0 spiro atoms. The molecule has 0 aromatic carbocycles. The summed E-state index contributed by atoms with van der Waals surface area (Å²) >= 11 is 3.36. The molecule has 0 aliphatic carbocycles. The van der Waals surface area contributed by atoms with Crippen LogP contribution in [0.1, 0.15) is 20.3 Å². The van der Waals surface area contributed by atoms with E-state index >= 15 is 0 Å². The predicted octanol–water partition coefficient (Wildman–Crippen LogP) is 2.44. The highest BCUT2D eigenvalue weighted by molar-refractivity contribution is 9.10. The van der Waals surface area contributed by atoms with Gasteiger partial charge in [0, 0.05) is 19.2 Å². The summed E-state index contributed by atoms with van der Waals surface area (Å²) in [6.07, 6.45) is 0.770. The second-order valence-corrected chi connectivity index (χ2v) is 4.50. The predicted molar refractivity (Wildman–Crippen MR) is 66.1 cm³/mol. The van der Waals surface area contributed by atoms with Gasteiger partial charge in [-0.2, -0.15) is 0 Å². The molecule has 0 atom stereocenters. The second-order valence-electron chi connectivity index (χ2n) is 3.68. The van der Waals surface area contributed by atoms with E-state index in [1.807, 2.05) is 18.2 Å². The van der Waals surface area contributed by atoms with Crippen LogP contribution in [-0.4, -0.2) is 29.3 Å². The first-order chi connectivity index (χ1) is 7.15. The molecular weight excluding hydrogens is 256 g/mol. The number of pyridine rings is 1. The summed E-state index contributed by atoms with van der Waals surface area (Å²) in [6.45, 7) is 5.30. The minimum atomic E-state index is 0.219. The first-order valence-corrected chi connectivity index (χ1v) is 5.94. The Labute approximate surface area is 99.3 Å². The van der Waals surface area contributed by atoms with Crippen molar-refractivity contribution in [1.29, 1.82) is 0 Å². The molecule has 15 heavy (non-hydrogen) atoms. The number of anilines is 1. The second kappa shape index (κ2) is 6.08. The van der Waals surface area contributed by atoms with Gasteiger partial charge in [-0.3, -0.25) is 0 Å². The third kappa shape index (κ3) is 3.80. The molecule has 1 aromatic rings. The topological polar surface area (TPSA) is 36.4 Å². The smallest absolute Gasteiger partial charge is 0.130 e. The Morgan fingerprint density at radius 1 is 1.47 bits per heavy atom. The Hall–Kier alpha value is -0.610. The van der Waals surface area contributed by atoms with E-state index in [0.29, 0.717) is 6.04 Å². The van der Waals surface area contributed by atoms with Gasteiger partial charge in [0.2, 0.25) is 0 Å². The lowest BCUT2D eigenvalue weighted by molar-refractivity contribution is 0.288. The van der Waals surface area contributed by atoms with Crippen molar-refractivity contribution < 1.29 is 5.11 Å². The summed E-state index contributed by atoms with van der Waals surface area (Å²) in [5.41, 5.74) is 0. The minimum Gasteiger partial charge on any atom is -0.396 e. The molecule has 0 fully saturated rings. The Morgan fingerprint density at radius 3 is 2.73 bits per heavy atom. The largest absolute Gasteiger partial charge is 0.396 e. The number of hydrogen-bond acceptors (Lipinski definition) is 3. The van der Waals surface area contributed by atoms with E-state index in [2.05, 4.69) is 39.7 Å². The van der Waals surface area contributed by atoms with E-state index in [9.17, 15) is 0 Å². The summed E-state index contributed by atoms with van der Waals surface area (Å²) in [5.74, 6) is 0.952. The zero-order chi connectivity index (χ0) is 11.3. The van der Waals surface area contributed by atoms with E-state index in [1.54, 1.807) is 0 Å². The monoisotopic (exact) mass is 272 g/mol. The minimum absolute atomic E-state index is 0.219. The van der Waals surface area contributed by atoms with Crippen LogP contribution in [0.15, 0.2) is 22.8 Å². The highest BCUT2D eigenvalue weighted by Crippen LogP contribution is 2.17. The van der Waals surface area contributed by atoms with E-state index in [0.717, 1.165) is 23.4 Å². The zero-order valence-electron chi connectivity index (χ0n) is 9.15. The molecule has 0 bridgehead atoms. The number of rotatable bonds is 5. The van der Waals surface area contributed by atoms with Crippen molar-refractivity contribution in [2.24, 2.45) is 0 Å². The number of hydrogen-bond donors (Lipinski definition) is 1. The molecule has 4 heteroatoms. The normalized spacial score (nSPS) is 10.7. The van der Waals surface area contributed by atoms with Gasteiger partial charge in [-0.25, -0.2) is 4.98 Å². The van der Waals surface area contributed by atoms with Crippen LogP contribution in [0.25, 0.3) is 0 Å². The molecule has 0 saturated heterocycles. The molecule has 0 amide bonds. The lowest BCUT2D eigenvalue weighted by Gasteiger charge is -2.27. The fourth-order valence-corrected chi connectivity index (χ4v) is 1.77. The van der Waals surface area contributed by atoms with Crippen LogP contribution in [0, 0.1) is 0 Å². The van der Waals surface area contributed by atoms with Crippen LogP contribution in [0.2, 0.25) is 0 Å². The maximum atomic E-state index is 8.84. The first kappa shape index (κ1) is 12.5. The summed E-state index contributed by atoms with van der Waals surface area (Å²) in [6, 6.07) is 6.26. The lowest BCUT2D eigenvalue weighted by atomic mass is 10.2. The van der Waals surface area contributed by atoms with E-state index in [4.69, 9.17) is 5.11 Å². The molecule has 0 saturated carbocycles. The van der Waals surface area contributed by atoms with Crippen LogP contribution >= 0.6 is 15.9 Å². The van der Waals surface area contributed by atoms with Crippen LogP contribution < -0.4 is 4.90 Å². The number of halogens is 1. The van der Waals surface area contributed by atoms with Gasteiger partial charge in [0.25, 0.3) is 0 Å². The van der Waals surface area contributed by atoms with Crippen molar-refractivity contribution in [3.8, 4) is 0 Å². The van der Waals surface area contributed by atoms with E-state index < -0.39 is 0 Å². The highest BCUT2D eigenvalue weighted by Gasteiger charge is 2.11. The van der Waals surface area contributed by atoms with Gasteiger partial charge in [-0.05, 0) is 48.3 Å². The molecule has 1 N–H and O–H groups in total. The average molecular weight is 273 g/mol. The number of aliphatic hydroxyl groups is 1. The standard InChI is InChI=1S/C11H17BrN2O/c1-9(2)14(7-4-8-15)11-6-3-5-10(12)13-11/h3,5-6,9,15H,4,7-8H2,1-2H3. The van der Waals surface area contributed by atoms with Gasteiger partial charge in [0.15, 0.2) is 0 Å². The first-order valence-electron chi connectivity index (χ1n) is 5.15. The van der Waals surface area contributed by atoms with Crippen molar-refractivity contribution in [3.63, 3.8) is 0 Å². The van der Waals surface area contributed by atoms with Gasteiger partial charge in [0.1, 0.15) is 10.4 Å². The average Bonchev–Trinajstić information content (AvgIpc) is 2.18. The van der Waals surface area contributed by atoms with Crippen molar-refractivity contribution in [2.45, 2.75) is 26.3 Å². The maximum absolute atomic E-state index is 8.84. The molecule has 84 valence electrons. The third-order valence-electron chi connectivity index (χ3n) is 2.18. The SMILES string of the molecule is CC(C)N(CCCO)c1cccc(Br)n1. The van der Waals surface area contributed by atoms with Crippen molar-refractivity contribution >= 4 is 21.7 Å². The quantitative estimate of drug-likeness (QED) is 0.837. The van der Waals surface area contributed by atoms with Crippen molar-refractivity contribution in [2.75, 3.05) is 18.1 Å². The Balaban J connectivity index is 2.79. The molecule has 0 unspecified atom stereocenters. The van der Waals surface area contributed by atoms with Crippen LogP contribution in [0.4, 0.5) is 5.82 Å². The zero-order valence-corrected chi connectivity index (χ0v) is 10.7. The fourth-order valence-electron chi connectivity index (χ4n) is 1.44. The van der Waals surface area contributed by atoms with Gasteiger partial charge in [-0.1, -0.05) is 6.07 Å². The summed E-state index contributed by atoms with van der Waals surface area (Å²) < 4.78 is 0.842. The summed E-state index contributed by atoms with van der Waals surface area (Å²) in [5, 5.41) is 8.84. The van der Waals surface area contributed by atoms with Crippen LogP contribution in [0.3, 0.4) is 0 Å². The molecule has 3 nitrogen and oxygen atoms in total. The Morgan fingerprint density at radius 2 is 2.20 bits per heavy atom. The molecule has 1 rings (SSSR count). The highest BCUT2D eigenvalue weighted by atomic mass is 79.9. The molecule has 1 aromatic heterocycles. The summed E-state index contributed by atoms with van der Waals surface area (Å²) in [7, 11) is 0. The van der Waals surface area contributed by atoms with Gasteiger partial charge >= 0.3 is 0 Å². The molecule has 0 radical (unpaired) electrons. The molecular formula is C11H17BrN2O. The number of nitrogens with zero attached hydrogens (tertiary/aromatic N) is 2. The lowest BCUT2D eigenvalue weighted by Crippen LogP contribution is -2.32. The van der Waals surface area contributed by atoms with Crippen LogP contribution in [0.5, 0.6) is 0 Å². The molecule has 1 heterocycles. The number of aliphatic hydroxyl groups excluding tert-OH is 1.